The Balaban J connectivity index is 3.31. The summed E-state index contributed by atoms with van der Waals surface area (Å²) in [7, 11) is 2.84. The molecule has 1 amide bonds. The van der Waals surface area contributed by atoms with Crippen LogP contribution in [0.4, 0.5) is 5.69 Å². The fraction of sp³-hybridized carbons (Fsp3) is 0.167. The largest absolute Gasteiger partial charge is 0.493 e. The van der Waals surface area contributed by atoms with Crippen molar-refractivity contribution in [1.29, 1.82) is 10.5 Å². The van der Waals surface area contributed by atoms with E-state index < -0.39 is 11.6 Å². The Morgan fingerprint density at radius 2 is 1.80 bits per heavy atom. The molecule has 102 valence electrons. The molecule has 0 aliphatic carbocycles. The van der Waals surface area contributed by atoms with Crippen molar-refractivity contribution in [2.45, 2.75) is 0 Å². The third-order valence-corrected chi connectivity index (χ3v) is 2.29. The van der Waals surface area contributed by atoms with Gasteiger partial charge in [-0.1, -0.05) is 0 Å². The Kier molecular flexibility index (Phi) is 4.89. The number of amides is 1. The number of nitrogens with one attached hydrogen (secondary N) is 1. The highest BCUT2D eigenvalue weighted by molar-refractivity contribution is 6.10. The molecule has 8 nitrogen and oxygen atoms in total. The number of carbonyl (C=O) groups is 1. The van der Waals surface area contributed by atoms with E-state index in [2.05, 4.69) is 10.5 Å². The smallest absolute Gasteiger partial charge is 0.251 e. The van der Waals surface area contributed by atoms with Crippen LogP contribution in [0.1, 0.15) is 10.4 Å². The predicted molar refractivity (Wildman–Crippen MR) is 70.3 cm³/mol. The number of hydrogen-bond donors (Lipinski definition) is 2. The average Bonchev–Trinajstić information content (AvgIpc) is 2.47. The predicted octanol–water partition coefficient (Wildman–Crippen LogP) is 0.618. The maximum absolute atomic E-state index is 11.4. The van der Waals surface area contributed by atoms with Gasteiger partial charge in [0.25, 0.3) is 5.91 Å². The van der Waals surface area contributed by atoms with Gasteiger partial charge in [-0.05, 0) is 6.07 Å². The Morgan fingerprint density at radius 3 is 2.25 bits per heavy atom. The van der Waals surface area contributed by atoms with Crippen molar-refractivity contribution in [3.8, 4) is 23.6 Å². The summed E-state index contributed by atoms with van der Waals surface area (Å²) in [6.45, 7) is 0. The molecule has 0 spiro atoms. The van der Waals surface area contributed by atoms with Crippen LogP contribution in [0.15, 0.2) is 17.2 Å². The zero-order valence-electron chi connectivity index (χ0n) is 10.8. The Labute approximate surface area is 115 Å². The first-order chi connectivity index (χ1) is 9.57. The minimum atomic E-state index is -0.723. The second kappa shape index (κ2) is 6.61. The van der Waals surface area contributed by atoms with Crippen molar-refractivity contribution in [1.82, 2.24) is 0 Å². The second-order valence-corrected chi connectivity index (χ2v) is 3.41. The number of nitriles is 2. The molecule has 0 heterocycles. The van der Waals surface area contributed by atoms with Crippen molar-refractivity contribution in [3.63, 3.8) is 0 Å². The van der Waals surface area contributed by atoms with Crippen molar-refractivity contribution >= 4 is 17.3 Å². The number of primary amides is 1. The number of hydrogen-bond acceptors (Lipinski definition) is 7. The van der Waals surface area contributed by atoms with E-state index in [1.807, 2.05) is 0 Å². The van der Waals surface area contributed by atoms with Gasteiger partial charge in [0.05, 0.1) is 25.5 Å². The number of nitrogens with two attached hydrogens (primary N) is 1. The standard InChI is InChI=1S/C12H11N5O3/c1-19-10-3-8(12(15)18)9(4-11(10)20-2)17-16-7(5-13)6-14/h3-4,17H,1-2H3,(H2,15,18). The second-order valence-electron chi connectivity index (χ2n) is 3.41. The molecule has 8 heteroatoms. The van der Waals surface area contributed by atoms with E-state index >= 15 is 0 Å². The zero-order valence-corrected chi connectivity index (χ0v) is 10.8. The van der Waals surface area contributed by atoms with Gasteiger partial charge in [0, 0.05) is 6.07 Å². The summed E-state index contributed by atoms with van der Waals surface area (Å²) >= 11 is 0. The summed E-state index contributed by atoms with van der Waals surface area (Å²) < 4.78 is 10.1. The van der Waals surface area contributed by atoms with Gasteiger partial charge >= 0.3 is 0 Å². The Hall–Kier alpha value is -3.26. The molecule has 0 fully saturated rings. The Morgan fingerprint density at radius 1 is 1.25 bits per heavy atom. The lowest BCUT2D eigenvalue weighted by molar-refractivity contribution is 0.100. The van der Waals surface area contributed by atoms with Gasteiger partial charge in [-0.2, -0.15) is 15.6 Å². The lowest BCUT2D eigenvalue weighted by Gasteiger charge is -2.12. The molecule has 0 atom stereocenters. The molecule has 0 radical (unpaired) electrons. The molecule has 1 aromatic carbocycles. The number of methoxy groups -OCH3 is 2. The number of hydrazone groups is 1. The first-order valence-corrected chi connectivity index (χ1v) is 5.27. The summed E-state index contributed by atoms with van der Waals surface area (Å²) in [6, 6.07) is 5.95. The fourth-order valence-electron chi connectivity index (χ4n) is 1.37. The van der Waals surface area contributed by atoms with Gasteiger partial charge in [-0.25, -0.2) is 0 Å². The highest BCUT2D eigenvalue weighted by Gasteiger charge is 2.14. The quantitative estimate of drug-likeness (QED) is 0.596. The van der Waals surface area contributed by atoms with Gasteiger partial charge in [0.15, 0.2) is 11.5 Å². The molecule has 1 aromatic rings. The summed E-state index contributed by atoms with van der Waals surface area (Å²) in [4.78, 5) is 11.4. The van der Waals surface area contributed by atoms with Gasteiger partial charge in [0.1, 0.15) is 12.1 Å². The minimum absolute atomic E-state index is 0.0848. The molecular weight excluding hydrogens is 262 g/mol. The molecule has 0 aromatic heterocycles. The van der Waals surface area contributed by atoms with Gasteiger partial charge in [-0.3, -0.25) is 10.2 Å². The Bertz CT molecular complexity index is 624. The van der Waals surface area contributed by atoms with E-state index in [1.54, 1.807) is 12.1 Å². The topological polar surface area (TPSA) is 134 Å². The van der Waals surface area contributed by atoms with Gasteiger partial charge in [-0.15, -0.1) is 0 Å². The highest BCUT2D eigenvalue weighted by Crippen LogP contribution is 2.33. The van der Waals surface area contributed by atoms with Crippen molar-refractivity contribution in [2.75, 3.05) is 19.6 Å². The van der Waals surface area contributed by atoms with Gasteiger partial charge < -0.3 is 15.2 Å². The summed E-state index contributed by atoms with van der Waals surface area (Å²) in [6.07, 6.45) is 0. The van der Waals surface area contributed by atoms with E-state index in [-0.39, 0.29) is 11.3 Å². The maximum Gasteiger partial charge on any atom is 0.251 e. The lowest BCUT2D eigenvalue weighted by atomic mass is 10.1. The molecule has 1 rings (SSSR count). The fourth-order valence-corrected chi connectivity index (χ4v) is 1.37. The van der Waals surface area contributed by atoms with Gasteiger partial charge in [0.2, 0.25) is 5.71 Å². The third kappa shape index (κ3) is 3.15. The van der Waals surface area contributed by atoms with Crippen LogP contribution >= 0.6 is 0 Å². The molecule has 0 bridgehead atoms. The van der Waals surface area contributed by atoms with E-state index in [0.29, 0.717) is 11.5 Å². The van der Waals surface area contributed by atoms with Crippen LogP contribution in [0, 0.1) is 22.7 Å². The molecule has 0 aliphatic heterocycles. The minimum Gasteiger partial charge on any atom is -0.493 e. The van der Waals surface area contributed by atoms with Crippen LogP contribution in [0.2, 0.25) is 0 Å². The number of carbonyl (C=O) groups excluding carboxylic acids is 1. The normalized spacial score (nSPS) is 8.80. The molecule has 0 unspecified atom stereocenters. The summed E-state index contributed by atoms with van der Waals surface area (Å²) in [5, 5.41) is 20.7. The van der Waals surface area contributed by atoms with Crippen LogP contribution < -0.4 is 20.6 Å². The average molecular weight is 273 g/mol. The third-order valence-electron chi connectivity index (χ3n) is 2.29. The van der Waals surface area contributed by atoms with Crippen LogP contribution in [-0.2, 0) is 0 Å². The van der Waals surface area contributed by atoms with Crippen molar-refractivity contribution < 1.29 is 14.3 Å². The van der Waals surface area contributed by atoms with Crippen molar-refractivity contribution in [3.05, 3.63) is 17.7 Å². The van der Waals surface area contributed by atoms with Crippen molar-refractivity contribution in [2.24, 2.45) is 10.8 Å². The lowest BCUT2D eigenvalue weighted by Crippen LogP contribution is -2.14. The molecule has 0 saturated heterocycles. The number of ether oxygens (including phenoxy) is 2. The highest BCUT2D eigenvalue weighted by atomic mass is 16.5. The molecule has 3 N–H and O–H groups in total. The van der Waals surface area contributed by atoms with Crippen LogP contribution in [0.3, 0.4) is 0 Å². The molecule has 0 saturated carbocycles. The van der Waals surface area contributed by atoms with E-state index in [0.717, 1.165) is 0 Å². The molecule has 20 heavy (non-hydrogen) atoms. The first-order valence-electron chi connectivity index (χ1n) is 5.27. The SMILES string of the molecule is COc1cc(NN=C(C#N)C#N)c(C(N)=O)cc1OC. The monoisotopic (exact) mass is 273 g/mol. The number of rotatable bonds is 5. The van der Waals surface area contributed by atoms with Crippen LogP contribution in [0.5, 0.6) is 11.5 Å². The number of anilines is 1. The summed E-state index contributed by atoms with van der Waals surface area (Å²) in [5.41, 5.74) is 7.56. The van der Waals surface area contributed by atoms with E-state index in [1.165, 1.54) is 26.4 Å². The van der Waals surface area contributed by atoms with E-state index in [4.69, 9.17) is 25.7 Å². The first kappa shape index (κ1) is 14.8. The van der Waals surface area contributed by atoms with Crippen LogP contribution in [0.25, 0.3) is 0 Å². The number of nitrogens with zero attached hydrogens (tertiary/aromatic N) is 3. The van der Waals surface area contributed by atoms with E-state index in [9.17, 15) is 4.79 Å². The maximum atomic E-state index is 11.4. The summed E-state index contributed by atoms with van der Waals surface area (Å²) in [5.74, 6) is -0.0681. The molecular formula is C12H11N5O3. The number of benzene rings is 1. The molecule has 0 aliphatic rings. The zero-order chi connectivity index (χ0) is 15.1. The van der Waals surface area contributed by atoms with Crippen LogP contribution in [-0.4, -0.2) is 25.8 Å².